The lowest BCUT2D eigenvalue weighted by atomic mass is 10.00. The number of rotatable bonds is 2. The Balaban J connectivity index is 2.83. The van der Waals surface area contributed by atoms with Crippen LogP contribution in [0.25, 0.3) is 10.9 Å². The van der Waals surface area contributed by atoms with E-state index in [0.717, 1.165) is 22.2 Å². The van der Waals surface area contributed by atoms with Crippen LogP contribution in [-0.4, -0.2) is 16.6 Å². The number of aromatic nitrogens is 1. The van der Waals surface area contributed by atoms with Gasteiger partial charge in [-0.1, -0.05) is 12.1 Å². The highest BCUT2D eigenvalue weighted by atomic mass is 16.3. The zero-order valence-electron chi connectivity index (χ0n) is 9.96. The second-order valence-corrected chi connectivity index (χ2v) is 4.36. The highest BCUT2D eigenvalue weighted by Gasteiger charge is 2.17. The molecule has 2 rings (SSSR count). The largest absolute Gasteiger partial charge is 0.387 e. The number of benzene rings is 1. The summed E-state index contributed by atoms with van der Waals surface area (Å²) in [7, 11) is 0. The molecule has 3 nitrogen and oxygen atoms in total. The quantitative estimate of drug-likeness (QED) is 0.722. The molecule has 0 bridgehead atoms. The molecular formula is C13H18N2O. The molecule has 2 aromatic rings. The summed E-state index contributed by atoms with van der Waals surface area (Å²) in [6.45, 7) is 6.35. The molecule has 4 N–H and O–H groups in total. The van der Waals surface area contributed by atoms with Crippen molar-refractivity contribution in [2.45, 2.75) is 26.9 Å². The number of aliphatic hydroxyl groups excluding tert-OH is 1. The van der Waals surface area contributed by atoms with Gasteiger partial charge in [-0.2, -0.15) is 0 Å². The first-order valence-corrected chi connectivity index (χ1v) is 5.52. The Kier molecular flexibility index (Phi) is 2.74. The Morgan fingerprint density at radius 1 is 1.25 bits per heavy atom. The first-order valence-electron chi connectivity index (χ1n) is 5.52. The molecule has 0 radical (unpaired) electrons. The summed E-state index contributed by atoms with van der Waals surface area (Å²) in [5.74, 6) is 0. The minimum absolute atomic E-state index is 0.251. The van der Waals surface area contributed by atoms with Crippen molar-refractivity contribution in [3.63, 3.8) is 0 Å². The average molecular weight is 218 g/mol. The number of hydrogen-bond donors (Lipinski definition) is 3. The Labute approximate surface area is 95.3 Å². The van der Waals surface area contributed by atoms with E-state index in [1.165, 1.54) is 11.1 Å². The van der Waals surface area contributed by atoms with Gasteiger partial charge < -0.3 is 15.8 Å². The average Bonchev–Trinajstić information content (AvgIpc) is 2.61. The number of fused-ring (bicyclic) bond motifs is 1. The molecule has 1 aromatic heterocycles. The molecule has 1 atom stereocenters. The lowest BCUT2D eigenvalue weighted by Crippen LogP contribution is -2.12. The Morgan fingerprint density at radius 3 is 2.50 bits per heavy atom. The van der Waals surface area contributed by atoms with Gasteiger partial charge in [0.05, 0.1) is 6.10 Å². The number of H-pyrrole nitrogens is 1. The summed E-state index contributed by atoms with van der Waals surface area (Å²) in [4.78, 5) is 3.34. The number of hydrogen-bond acceptors (Lipinski definition) is 2. The van der Waals surface area contributed by atoms with Gasteiger partial charge in [0.25, 0.3) is 0 Å². The van der Waals surface area contributed by atoms with Crippen LogP contribution in [0.15, 0.2) is 12.1 Å². The molecule has 86 valence electrons. The van der Waals surface area contributed by atoms with Crippen molar-refractivity contribution in [2.75, 3.05) is 6.54 Å². The minimum atomic E-state index is -0.589. The predicted octanol–water partition coefficient (Wildman–Crippen LogP) is 2.09. The fraction of sp³-hybridized carbons (Fsp3) is 0.385. The van der Waals surface area contributed by atoms with Crippen molar-refractivity contribution < 1.29 is 5.11 Å². The van der Waals surface area contributed by atoms with Crippen LogP contribution in [0.5, 0.6) is 0 Å². The molecule has 0 amide bonds. The standard InChI is InChI=1S/C13H18N2O/c1-7-4-5-8(2)13-11(7)12(9(3)15-13)10(16)6-14/h4-5,10,15-16H,6,14H2,1-3H3. The second-order valence-electron chi connectivity index (χ2n) is 4.36. The Hall–Kier alpha value is -1.32. The van der Waals surface area contributed by atoms with Gasteiger partial charge in [-0.05, 0) is 31.9 Å². The fourth-order valence-electron chi connectivity index (χ4n) is 2.30. The van der Waals surface area contributed by atoms with E-state index in [1.54, 1.807) is 0 Å². The highest BCUT2D eigenvalue weighted by Crippen LogP contribution is 2.31. The van der Waals surface area contributed by atoms with Crippen LogP contribution in [0.2, 0.25) is 0 Å². The third-order valence-corrected chi connectivity index (χ3v) is 3.16. The lowest BCUT2D eigenvalue weighted by molar-refractivity contribution is 0.187. The van der Waals surface area contributed by atoms with E-state index in [2.05, 4.69) is 31.0 Å². The summed E-state index contributed by atoms with van der Waals surface area (Å²) < 4.78 is 0. The van der Waals surface area contributed by atoms with Gasteiger partial charge in [0, 0.05) is 28.7 Å². The molecule has 16 heavy (non-hydrogen) atoms. The topological polar surface area (TPSA) is 62.0 Å². The Bertz CT molecular complexity index is 528. The number of aryl methyl sites for hydroxylation is 3. The molecule has 0 spiro atoms. The van der Waals surface area contributed by atoms with Crippen LogP contribution in [0, 0.1) is 20.8 Å². The molecule has 1 unspecified atom stereocenters. The van der Waals surface area contributed by atoms with Crippen LogP contribution in [0.1, 0.15) is 28.5 Å². The molecule has 3 heteroatoms. The monoisotopic (exact) mass is 218 g/mol. The summed E-state index contributed by atoms with van der Waals surface area (Å²) in [6, 6.07) is 4.17. The summed E-state index contributed by atoms with van der Waals surface area (Å²) in [6.07, 6.45) is -0.589. The van der Waals surface area contributed by atoms with E-state index in [4.69, 9.17) is 5.73 Å². The number of nitrogens with one attached hydrogen (secondary N) is 1. The molecule has 0 aliphatic carbocycles. The first kappa shape index (κ1) is 11.2. The molecule has 0 aliphatic heterocycles. The summed E-state index contributed by atoms with van der Waals surface area (Å²) >= 11 is 0. The smallest absolute Gasteiger partial charge is 0.0935 e. The van der Waals surface area contributed by atoms with Gasteiger partial charge >= 0.3 is 0 Å². The fourth-order valence-corrected chi connectivity index (χ4v) is 2.30. The van der Waals surface area contributed by atoms with Crippen molar-refractivity contribution in [1.82, 2.24) is 4.98 Å². The normalized spacial score (nSPS) is 13.3. The van der Waals surface area contributed by atoms with Crippen molar-refractivity contribution in [3.8, 4) is 0 Å². The maximum atomic E-state index is 9.97. The SMILES string of the molecule is Cc1[nH]c2c(C)ccc(C)c2c1C(O)CN. The summed E-state index contributed by atoms with van der Waals surface area (Å²) in [5.41, 5.74) is 11.0. The van der Waals surface area contributed by atoms with Crippen LogP contribution in [0.3, 0.4) is 0 Å². The molecule has 0 saturated carbocycles. The van der Waals surface area contributed by atoms with E-state index in [-0.39, 0.29) is 6.54 Å². The third-order valence-electron chi connectivity index (χ3n) is 3.16. The van der Waals surface area contributed by atoms with Crippen LogP contribution >= 0.6 is 0 Å². The predicted molar refractivity (Wildman–Crippen MR) is 66.5 cm³/mol. The van der Waals surface area contributed by atoms with E-state index >= 15 is 0 Å². The van der Waals surface area contributed by atoms with Gasteiger partial charge in [-0.15, -0.1) is 0 Å². The van der Waals surface area contributed by atoms with Crippen LogP contribution < -0.4 is 5.73 Å². The highest BCUT2D eigenvalue weighted by molar-refractivity contribution is 5.90. The number of aliphatic hydroxyl groups is 1. The van der Waals surface area contributed by atoms with Crippen LogP contribution in [0.4, 0.5) is 0 Å². The van der Waals surface area contributed by atoms with E-state index in [0.29, 0.717) is 0 Å². The molecule has 1 heterocycles. The lowest BCUT2D eigenvalue weighted by Gasteiger charge is -2.09. The zero-order chi connectivity index (χ0) is 11.9. The van der Waals surface area contributed by atoms with Gasteiger partial charge in [0.2, 0.25) is 0 Å². The number of aromatic amines is 1. The van der Waals surface area contributed by atoms with Gasteiger partial charge in [0.1, 0.15) is 0 Å². The van der Waals surface area contributed by atoms with Gasteiger partial charge in [0.15, 0.2) is 0 Å². The van der Waals surface area contributed by atoms with E-state index in [1.807, 2.05) is 6.92 Å². The maximum absolute atomic E-state index is 9.97. The summed E-state index contributed by atoms with van der Waals surface area (Å²) in [5, 5.41) is 11.1. The van der Waals surface area contributed by atoms with Crippen molar-refractivity contribution in [1.29, 1.82) is 0 Å². The van der Waals surface area contributed by atoms with Crippen LogP contribution in [-0.2, 0) is 0 Å². The first-order chi connectivity index (χ1) is 7.56. The molecule has 0 aliphatic rings. The van der Waals surface area contributed by atoms with E-state index in [9.17, 15) is 5.11 Å². The molecular weight excluding hydrogens is 200 g/mol. The molecule has 0 saturated heterocycles. The zero-order valence-corrected chi connectivity index (χ0v) is 9.96. The Morgan fingerprint density at radius 2 is 1.88 bits per heavy atom. The van der Waals surface area contributed by atoms with E-state index < -0.39 is 6.10 Å². The third kappa shape index (κ3) is 1.52. The van der Waals surface area contributed by atoms with Gasteiger partial charge in [-0.25, -0.2) is 0 Å². The molecule has 0 fully saturated rings. The van der Waals surface area contributed by atoms with Crippen molar-refractivity contribution >= 4 is 10.9 Å². The number of nitrogens with two attached hydrogens (primary N) is 1. The van der Waals surface area contributed by atoms with Crippen molar-refractivity contribution in [3.05, 3.63) is 34.5 Å². The molecule has 1 aromatic carbocycles. The second kappa shape index (κ2) is 3.92. The maximum Gasteiger partial charge on any atom is 0.0935 e. The minimum Gasteiger partial charge on any atom is -0.387 e. The van der Waals surface area contributed by atoms with Gasteiger partial charge in [-0.3, -0.25) is 0 Å². The van der Waals surface area contributed by atoms with Crippen molar-refractivity contribution in [2.24, 2.45) is 5.73 Å².